The number of hydrogen-bond acceptors (Lipinski definition) is 4. The molecule has 2 rings (SSSR count). The van der Waals surface area contributed by atoms with Crippen LogP contribution in [0.1, 0.15) is 31.2 Å². The van der Waals surface area contributed by atoms with Gasteiger partial charge >= 0.3 is 0 Å². The summed E-state index contributed by atoms with van der Waals surface area (Å²) in [6.45, 7) is 3.73. The molecule has 1 aromatic heterocycles. The van der Waals surface area contributed by atoms with Crippen LogP contribution in [0.5, 0.6) is 0 Å². The van der Waals surface area contributed by atoms with Crippen LogP contribution in [0.3, 0.4) is 0 Å². The van der Waals surface area contributed by atoms with Crippen LogP contribution >= 0.6 is 0 Å². The summed E-state index contributed by atoms with van der Waals surface area (Å²) >= 11 is 0. The van der Waals surface area contributed by atoms with E-state index in [0.29, 0.717) is 13.1 Å². The van der Waals surface area contributed by atoms with Gasteiger partial charge in [0.25, 0.3) is 0 Å². The number of likely N-dealkylation sites (tertiary alicyclic amines) is 1. The van der Waals surface area contributed by atoms with Crippen LogP contribution in [-0.4, -0.2) is 61.5 Å². The molecule has 2 unspecified atom stereocenters. The van der Waals surface area contributed by atoms with Crippen LogP contribution in [0.4, 0.5) is 0 Å². The number of pyridine rings is 1. The molecular weight excluding hydrogens is 314 g/mol. The highest BCUT2D eigenvalue weighted by atomic mass is 32.2. The third-order valence-corrected chi connectivity index (χ3v) is 5.77. The van der Waals surface area contributed by atoms with Crippen molar-refractivity contribution in [3.63, 3.8) is 0 Å². The van der Waals surface area contributed by atoms with Gasteiger partial charge in [0.1, 0.15) is 0 Å². The molecule has 1 aliphatic heterocycles. The van der Waals surface area contributed by atoms with E-state index in [1.54, 1.807) is 19.4 Å². The Morgan fingerprint density at radius 1 is 1.43 bits per heavy atom. The van der Waals surface area contributed by atoms with Crippen molar-refractivity contribution in [1.29, 1.82) is 0 Å². The summed E-state index contributed by atoms with van der Waals surface area (Å²) in [5.74, 6) is 0.0874. The lowest BCUT2D eigenvalue weighted by molar-refractivity contribution is -0.134. The van der Waals surface area contributed by atoms with E-state index in [-0.39, 0.29) is 17.7 Å². The molecule has 23 heavy (non-hydrogen) atoms. The Kier molecular flexibility index (Phi) is 5.75. The van der Waals surface area contributed by atoms with Gasteiger partial charge in [-0.15, -0.1) is 0 Å². The van der Waals surface area contributed by atoms with Crippen LogP contribution in [0.25, 0.3) is 0 Å². The van der Waals surface area contributed by atoms with E-state index in [9.17, 15) is 13.2 Å². The number of amides is 1. The standard InChI is InChI=1S/C16H25N3O3S/c1-13(15-6-8-17-9-7-15)16(20)19-10-4-5-14(12-19)11-18(2)23(3,21)22/h6-9,13-14H,4-5,10-12H2,1-3H3. The zero-order chi connectivity index (χ0) is 17.0. The molecule has 128 valence electrons. The van der Waals surface area contributed by atoms with Gasteiger partial charge in [-0.25, -0.2) is 12.7 Å². The third kappa shape index (κ3) is 4.75. The van der Waals surface area contributed by atoms with Gasteiger partial charge in [0.2, 0.25) is 15.9 Å². The molecule has 1 aromatic rings. The second kappa shape index (κ2) is 7.40. The van der Waals surface area contributed by atoms with Gasteiger partial charge < -0.3 is 4.90 Å². The minimum Gasteiger partial charge on any atom is -0.342 e. The number of carbonyl (C=O) groups excluding carboxylic acids is 1. The van der Waals surface area contributed by atoms with Gasteiger partial charge in [-0.05, 0) is 43.4 Å². The van der Waals surface area contributed by atoms with Crippen molar-refractivity contribution in [2.24, 2.45) is 5.92 Å². The summed E-state index contributed by atoms with van der Waals surface area (Å²) in [5.41, 5.74) is 0.959. The van der Waals surface area contributed by atoms with Crippen LogP contribution in [-0.2, 0) is 14.8 Å². The van der Waals surface area contributed by atoms with E-state index in [2.05, 4.69) is 4.98 Å². The highest BCUT2D eigenvalue weighted by molar-refractivity contribution is 7.88. The fraction of sp³-hybridized carbons (Fsp3) is 0.625. The third-order valence-electron chi connectivity index (χ3n) is 4.49. The summed E-state index contributed by atoms with van der Waals surface area (Å²) in [5, 5.41) is 0. The Morgan fingerprint density at radius 3 is 2.70 bits per heavy atom. The fourth-order valence-electron chi connectivity index (χ4n) is 2.98. The SMILES string of the molecule is CC(C(=O)N1CCCC(CN(C)S(C)(=O)=O)C1)c1ccncc1. The topological polar surface area (TPSA) is 70.6 Å². The van der Waals surface area contributed by atoms with E-state index < -0.39 is 10.0 Å². The quantitative estimate of drug-likeness (QED) is 0.811. The Bertz CT molecular complexity index is 633. The molecule has 0 spiro atoms. The van der Waals surface area contributed by atoms with E-state index in [1.807, 2.05) is 24.0 Å². The lowest BCUT2D eigenvalue weighted by Gasteiger charge is -2.35. The van der Waals surface area contributed by atoms with Crippen molar-refractivity contribution >= 4 is 15.9 Å². The first kappa shape index (κ1) is 17.9. The van der Waals surface area contributed by atoms with Crippen LogP contribution < -0.4 is 0 Å². The molecule has 0 aliphatic carbocycles. The summed E-state index contributed by atoms with van der Waals surface area (Å²) in [4.78, 5) is 18.6. The second-order valence-electron chi connectivity index (χ2n) is 6.34. The molecule has 0 N–H and O–H groups in total. The molecule has 0 bridgehead atoms. The zero-order valence-electron chi connectivity index (χ0n) is 14.0. The number of carbonyl (C=O) groups is 1. The fourth-order valence-corrected chi connectivity index (χ4v) is 3.46. The number of hydrogen-bond donors (Lipinski definition) is 0. The van der Waals surface area contributed by atoms with E-state index in [0.717, 1.165) is 24.9 Å². The first-order valence-electron chi connectivity index (χ1n) is 7.89. The van der Waals surface area contributed by atoms with Crippen molar-refractivity contribution in [3.05, 3.63) is 30.1 Å². The molecule has 7 heteroatoms. The Labute approximate surface area is 138 Å². The van der Waals surface area contributed by atoms with Gasteiger partial charge in [0.15, 0.2) is 0 Å². The minimum absolute atomic E-state index is 0.0999. The summed E-state index contributed by atoms with van der Waals surface area (Å²) in [6, 6.07) is 3.73. The van der Waals surface area contributed by atoms with Crippen molar-refractivity contribution in [2.45, 2.75) is 25.7 Å². The first-order valence-corrected chi connectivity index (χ1v) is 9.74. The molecule has 0 saturated carbocycles. The van der Waals surface area contributed by atoms with Crippen LogP contribution in [0.15, 0.2) is 24.5 Å². The second-order valence-corrected chi connectivity index (χ2v) is 8.43. The molecule has 1 fully saturated rings. The first-order chi connectivity index (χ1) is 10.8. The van der Waals surface area contributed by atoms with Gasteiger partial charge in [0, 0.05) is 39.1 Å². The molecule has 2 atom stereocenters. The van der Waals surface area contributed by atoms with Gasteiger partial charge in [-0.2, -0.15) is 0 Å². The Hall–Kier alpha value is -1.47. The van der Waals surface area contributed by atoms with Crippen LogP contribution in [0.2, 0.25) is 0 Å². The average molecular weight is 339 g/mol. The molecule has 1 saturated heterocycles. The molecule has 6 nitrogen and oxygen atoms in total. The maximum absolute atomic E-state index is 12.7. The molecule has 1 aliphatic rings. The summed E-state index contributed by atoms with van der Waals surface area (Å²) < 4.78 is 24.5. The Morgan fingerprint density at radius 2 is 2.09 bits per heavy atom. The molecule has 0 aromatic carbocycles. The Balaban J connectivity index is 1.99. The zero-order valence-corrected chi connectivity index (χ0v) is 14.8. The molecule has 1 amide bonds. The summed E-state index contributed by atoms with van der Waals surface area (Å²) in [6.07, 6.45) is 6.47. The lowest BCUT2D eigenvalue weighted by Crippen LogP contribution is -2.45. The number of piperidine rings is 1. The summed E-state index contributed by atoms with van der Waals surface area (Å²) in [7, 11) is -1.58. The van der Waals surface area contributed by atoms with E-state index >= 15 is 0 Å². The van der Waals surface area contributed by atoms with Crippen LogP contribution in [0, 0.1) is 5.92 Å². The number of rotatable bonds is 5. The predicted molar refractivity (Wildman–Crippen MR) is 89.4 cm³/mol. The van der Waals surface area contributed by atoms with Crippen molar-refractivity contribution in [3.8, 4) is 0 Å². The monoisotopic (exact) mass is 339 g/mol. The van der Waals surface area contributed by atoms with E-state index in [1.165, 1.54) is 10.6 Å². The normalized spacial score (nSPS) is 20.5. The van der Waals surface area contributed by atoms with Gasteiger partial charge in [-0.1, -0.05) is 0 Å². The number of nitrogens with zero attached hydrogens (tertiary/aromatic N) is 3. The highest BCUT2D eigenvalue weighted by Gasteiger charge is 2.29. The number of sulfonamides is 1. The van der Waals surface area contributed by atoms with Crippen molar-refractivity contribution in [1.82, 2.24) is 14.2 Å². The van der Waals surface area contributed by atoms with Crippen molar-refractivity contribution < 1.29 is 13.2 Å². The maximum atomic E-state index is 12.7. The van der Waals surface area contributed by atoms with Gasteiger partial charge in [-0.3, -0.25) is 9.78 Å². The number of aromatic nitrogens is 1. The molecule has 2 heterocycles. The smallest absolute Gasteiger partial charge is 0.229 e. The molecule has 0 radical (unpaired) electrons. The largest absolute Gasteiger partial charge is 0.342 e. The predicted octanol–water partition coefficient (Wildman–Crippen LogP) is 1.32. The lowest BCUT2D eigenvalue weighted by atomic mass is 9.95. The molecular formula is C16H25N3O3S. The van der Waals surface area contributed by atoms with Crippen molar-refractivity contribution in [2.75, 3.05) is 32.9 Å². The average Bonchev–Trinajstić information content (AvgIpc) is 2.53. The van der Waals surface area contributed by atoms with E-state index in [4.69, 9.17) is 0 Å². The van der Waals surface area contributed by atoms with Gasteiger partial charge in [0.05, 0.1) is 12.2 Å². The maximum Gasteiger partial charge on any atom is 0.229 e. The highest BCUT2D eigenvalue weighted by Crippen LogP contribution is 2.23. The minimum atomic E-state index is -3.18.